The molecule has 1 N–H and O–H groups in total. The number of pyridine rings is 1. The molecule has 126 valence electrons. The van der Waals surface area contributed by atoms with Crippen LogP contribution in [0.3, 0.4) is 0 Å². The Morgan fingerprint density at radius 2 is 2.12 bits per heavy atom. The van der Waals surface area contributed by atoms with Crippen molar-refractivity contribution in [2.45, 2.75) is 20.3 Å². The largest absolute Gasteiger partial charge is 0.462 e. The summed E-state index contributed by atoms with van der Waals surface area (Å²) in [4.78, 5) is 38.1. The van der Waals surface area contributed by atoms with Gasteiger partial charge in [-0.15, -0.1) is 0 Å². The first-order valence-corrected chi connectivity index (χ1v) is 8.64. The highest BCUT2D eigenvalue weighted by molar-refractivity contribution is 8.13. The molecule has 2 rings (SSSR count). The van der Waals surface area contributed by atoms with Crippen molar-refractivity contribution in [2.75, 3.05) is 12.4 Å². The van der Waals surface area contributed by atoms with Crippen LogP contribution < -0.4 is 5.43 Å². The summed E-state index contributed by atoms with van der Waals surface area (Å²) in [6.45, 7) is 3.46. The number of benzene rings is 1. The van der Waals surface area contributed by atoms with Crippen LogP contribution in [0.1, 0.15) is 36.2 Å². The zero-order valence-corrected chi connectivity index (χ0v) is 14.4. The molecule has 2 aromatic rings. The van der Waals surface area contributed by atoms with Gasteiger partial charge in [0.2, 0.25) is 5.43 Å². The van der Waals surface area contributed by atoms with E-state index in [0.29, 0.717) is 10.9 Å². The van der Waals surface area contributed by atoms with E-state index in [1.54, 1.807) is 26.0 Å². The van der Waals surface area contributed by atoms with Gasteiger partial charge in [0.1, 0.15) is 5.56 Å². The van der Waals surface area contributed by atoms with Crippen LogP contribution in [0.25, 0.3) is 17.0 Å². The van der Waals surface area contributed by atoms with E-state index in [4.69, 9.17) is 4.74 Å². The third-order valence-electron chi connectivity index (χ3n) is 3.30. The zero-order valence-electron chi connectivity index (χ0n) is 13.6. The van der Waals surface area contributed by atoms with Gasteiger partial charge in [-0.05, 0) is 31.0 Å². The molecule has 0 radical (unpaired) electrons. The first-order valence-electron chi connectivity index (χ1n) is 7.65. The number of nitrogens with one attached hydrogen (secondary N) is 1. The molecule has 1 aromatic heterocycles. The molecule has 0 amide bonds. The molecule has 5 nitrogen and oxygen atoms in total. The Hall–Kier alpha value is -2.34. The third kappa shape index (κ3) is 4.58. The van der Waals surface area contributed by atoms with Gasteiger partial charge in [0.15, 0.2) is 5.12 Å². The second-order valence-corrected chi connectivity index (χ2v) is 6.36. The Morgan fingerprint density at radius 1 is 1.33 bits per heavy atom. The molecule has 24 heavy (non-hydrogen) atoms. The number of carbonyl (C=O) groups is 2. The van der Waals surface area contributed by atoms with E-state index in [-0.39, 0.29) is 22.7 Å². The molecule has 0 unspecified atom stereocenters. The normalized spacial score (nSPS) is 11.1. The fourth-order valence-electron chi connectivity index (χ4n) is 2.19. The summed E-state index contributed by atoms with van der Waals surface area (Å²) in [5.41, 5.74) is 1.19. The number of fused-ring (bicyclic) bond motifs is 1. The van der Waals surface area contributed by atoms with Gasteiger partial charge in [0.05, 0.1) is 6.61 Å². The SMILES string of the molecule is CCOC(=O)c1c[nH]c2ccc(C=CCCSC(C)=O)cc2c1=O. The van der Waals surface area contributed by atoms with Crippen molar-refractivity contribution in [3.05, 3.63) is 51.8 Å². The fourth-order valence-corrected chi connectivity index (χ4v) is 2.73. The lowest BCUT2D eigenvalue weighted by Gasteiger charge is -2.04. The molecule has 0 saturated heterocycles. The van der Waals surface area contributed by atoms with Gasteiger partial charge < -0.3 is 9.72 Å². The van der Waals surface area contributed by atoms with Gasteiger partial charge in [0, 0.05) is 29.8 Å². The van der Waals surface area contributed by atoms with E-state index in [9.17, 15) is 14.4 Å². The number of aromatic amines is 1. The number of H-pyrrole nitrogens is 1. The van der Waals surface area contributed by atoms with Crippen molar-refractivity contribution in [1.82, 2.24) is 4.98 Å². The summed E-state index contributed by atoms with van der Waals surface area (Å²) in [6.07, 6.45) is 6.01. The van der Waals surface area contributed by atoms with E-state index in [1.807, 2.05) is 18.2 Å². The maximum absolute atomic E-state index is 12.5. The number of rotatable bonds is 6. The standard InChI is InChI=1S/C18H19NO4S/c1-3-23-18(22)15-11-19-16-8-7-13(10-14(16)17(15)21)6-4-5-9-24-12(2)20/h4,6-8,10-11H,3,5,9H2,1-2H3,(H,19,21). The zero-order chi connectivity index (χ0) is 17.5. The first-order chi connectivity index (χ1) is 11.5. The molecular formula is C18H19NO4S. The average Bonchev–Trinajstić information content (AvgIpc) is 2.55. The second-order valence-electron chi connectivity index (χ2n) is 5.09. The van der Waals surface area contributed by atoms with Crippen LogP contribution >= 0.6 is 11.8 Å². The molecule has 1 aromatic carbocycles. The van der Waals surface area contributed by atoms with E-state index in [0.717, 1.165) is 17.7 Å². The summed E-state index contributed by atoms with van der Waals surface area (Å²) >= 11 is 1.28. The number of ether oxygens (including phenoxy) is 1. The minimum Gasteiger partial charge on any atom is -0.462 e. The lowest BCUT2D eigenvalue weighted by Crippen LogP contribution is -2.18. The Bertz CT molecular complexity index is 839. The van der Waals surface area contributed by atoms with E-state index < -0.39 is 5.97 Å². The van der Waals surface area contributed by atoms with E-state index in [1.165, 1.54) is 18.0 Å². The van der Waals surface area contributed by atoms with Crippen molar-refractivity contribution in [3.8, 4) is 0 Å². The number of carbonyl (C=O) groups excluding carboxylic acids is 2. The topological polar surface area (TPSA) is 76.2 Å². The number of thioether (sulfide) groups is 1. The van der Waals surface area contributed by atoms with Crippen molar-refractivity contribution in [2.24, 2.45) is 0 Å². The lowest BCUT2D eigenvalue weighted by atomic mass is 10.1. The van der Waals surface area contributed by atoms with E-state index >= 15 is 0 Å². The molecule has 0 bridgehead atoms. The molecule has 1 heterocycles. The van der Waals surface area contributed by atoms with Gasteiger partial charge >= 0.3 is 5.97 Å². The van der Waals surface area contributed by atoms with Crippen LogP contribution in [0.2, 0.25) is 0 Å². The number of hydrogen-bond donors (Lipinski definition) is 1. The van der Waals surface area contributed by atoms with Gasteiger partial charge in [-0.25, -0.2) is 4.79 Å². The minimum absolute atomic E-state index is 0.00309. The van der Waals surface area contributed by atoms with Crippen molar-refractivity contribution >= 4 is 39.8 Å². The summed E-state index contributed by atoms with van der Waals surface area (Å²) in [7, 11) is 0. The van der Waals surface area contributed by atoms with Crippen LogP contribution in [0, 0.1) is 0 Å². The predicted molar refractivity (Wildman–Crippen MR) is 97.3 cm³/mol. The number of allylic oxidation sites excluding steroid dienone is 1. The monoisotopic (exact) mass is 345 g/mol. The lowest BCUT2D eigenvalue weighted by molar-refractivity contribution is -0.109. The second kappa shape index (κ2) is 8.49. The van der Waals surface area contributed by atoms with Crippen LogP contribution in [0.4, 0.5) is 0 Å². The van der Waals surface area contributed by atoms with E-state index in [2.05, 4.69) is 4.98 Å². The maximum atomic E-state index is 12.5. The highest BCUT2D eigenvalue weighted by Crippen LogP contribution is 2.14. The number of esters is 1. The minimum atomic E-state index is -0.622. The Balaban J connectivity index is 2.24. The molecule has 0 saturated carbocycles. The average molecular weight is 345 g/mol. The van der Waals surface area contributed by atoms with Crippen LogP contribution in [0.15, 0.2) is 35.3 Å². The van der Waals surface area contributed by atoms with Crippen molar-refractivity contribution in [1.29, 1.82) is 0 Å². The smallest absolute Gasteiger partial charge is 0.343 e. The summed E-state index contributed by atoms with van der Waals surface area (Å²) < 4.78 is 4.90. The first kappa shape index (κ1) is 18.0. The summed E-state index contributed by atoms with van der Waals surface area (Å²) in [6, 6.07) is 5.43. The molecule has 0 spiro atoms. The molecular weight excluding hydrogens is 326 g/mol. The predicted octanol–water partition coefficient (Wildman–Crippen LogP) is 3.39. The summed E-state index contributed by atoms with van der Waals surface area (Å²) in [5, 5.41) is 0.549. The molecule has 0 aliphatic carbocycles. The Labute approximate surface area is 144 Å². The van der Waals surface area contributed by atoms with Crippen LogP contribution in [-0.4, -0.2) is 28.4 Å². The van der Waals surface area contributed by atoms with Gasteiger partial charge in [0.25, 0.3) is 0 Å². The third-order valence-corrected chi connectivity index (χ3v) is 4.15. The number of hydrogen-bond acceptors (Lipinski definition) is 5. The van der Waals surface area contributed by atoms with Crippen LogP contribution in [0.5, 0.6) is 0 Å². The Morgan fingerprint density at radius 3 is 2.83 bits per heavy atom. The van der Waals surface area contributed by atoms with Crippen molar-refractivity contribution < 1.29 is 14.3 Å². The molecule has 0 aliphatic heterocycles. The van der Waals surface area contributed by atoms with Gasteiger partial charge in [-0.3, -0.25) is 9.59 Å². The number of aromatic nitrogens is 1. The van der Waals surface area contributed by atoms with Gasteiger partial charge in [-0.1, -0.05) is 30.0 Å². The summed E-state index contributed by atoms with van der Waals surface area (Å²) in [5.74, 6) is 0.107. The van der Waals surface area contributed by atoms with Crippen molar-refractivity contribution in [3.63, 3.8) is 0 Å². The molecule has 0 aliphatic rings. The maximum Gasteiger partial charge on any atom is 0.343 e. The molecule has 0 atom stereocenters. The molecule has 6 heteroatoms. The Kier molecular flexibility index (Phi) is 6.37. The highest BCUT2D eigenvalue weighted by atomic mass is 32.2. The quantitative estimate of drug-likeness (QED) is 0.641. The molecule has 0 fully saturated rings. The fraction of sp³-hybridized carbons (Fsp3) is 0.278. The highest BCUT2D eigenvalue weighted by Gasteiger charge is 2.13. The van der Waals surface area contributed by atoms with Gasteiger partial charge in [-0.2, -0.15) is 0 Å². The van der Waals surface area contributed by atoms with Crippen LogP contribution in [-0.2, 0) is 9.53 Å².